The predicted molar refractivity (Wildman–Crippen MR) is 121 cm³/mol. The number of rotatable bonds is 7. The second-order valence-electron chi connectivity index (χ2n) is 6.73. The monoisotopic (exact) mass is 465 g/mol. The summed E-state index contributed by atoms with van der Waals surface area (Å²) in [6.45, 7) is 4.07. The van der Waals surface area contributed by atoms with Crippen LogP contribution in [0, 0.1) is 0 Å². The number of hydrogen-bond acceptors (Lipinski definition) is 5. The van der Waals surface area contributed by atoms with Crippen molar-refractivity contribution in [1.82, 2.24) is 4.90 Å². The lowest BCUT2D eigenvalue weighted by Gasteiger charge is -2.17. The Hall–Kier alpha value is -2.15. The Morgan fingerprint density at radius 3 is 2.57 bits per heavy atom. The minimum absolute atomic E-state index is 0.0245. The van der Waals surface area contributed by atoms with E-state index in [9.17, 15) is 9.59 Å². The molecule has 0 bridgehead atoms. The Morgan fingerprint density at radius 1 is 1.17 bits per heavy atom. The van der Waals surface area contributed by atoms with E-state index in [2.05, 4.69) is 0 Å². The van der Waals surface area contributed by atoms with Crippen molar-refractivity contribution in [1.29, 1.82) is 0 Å². The molecule has 0 radical (unpaired) electrons. The van der Waals surface area contributed by atoms with E-state index in [1.807, 2.05) is 19.9 Å². The topological polar surface area (TPSA) is 55.8 Å². The van der Waals surface area contributed by atoms with Crippen LogP contribution in [0.25, 0.3) is 6.08 Å². The molecule has 0 spiro atoms. The van der Waals surface area contributed by atoms with E-state index >= 15 is 0 Å². The lowest BCUT2D eigenvalue weighted by molar-refractivity contribution is -0.123. The lowest BCUT2D eigenvalue weighted by atomic mass is 10.1. The van der Waals surface area contributed by atoms with Crippen LogP contribution in [-0.2, 0) is 11.3 Å². The van der Waals surface area contributed by atoms with Crippen molar-refractivity contribution in [3.63, 3.8) is 0 Å². The normalized spacial score (nSPS) is 16.3. The Bertz CT molecular complexity index is 1010. The first kappa shape index (κ1) is 22.5. The largest absolute Gasteiger partial charge is 0.493 e. The Balaban J connectivity index is 1.86. The Labute approximate surface area is 189 Å². The van der Waals surface area contributed by atoms with Crippen LogP contribution >= 0.6 is 35.0 Å². The number of carbonyl (C=O) groups excluding carboxylic acids is 2. The molecule has 0 N–H and O–H groups in total. The summed E-state index contributed by atoms with van der Waals surface area (Å²) in [5, 5.41) is 0.533. The molecule has 8 heteroatoms. The van der Waals surface area contributed by atoms with Gasteiger partial charge in [0.2, 0.25) is 0 Å². The fourth-order valence-corrected chi connectivity index (χ4v) is 4.10. The Morgan fingerprint density at radius 2 is 1.90 bits per heavy atom. The number of halogens is 2. The minimum Gasteiger partial charge on any atom is -0.493 e. The summed E-state index contributed by atoms with van der Waals surface area (Å²) in [6, 6.07) is 10.5. The zero-order chi connectivity index (χ0) is 21.8. The maximum atomic E-state index is 12.8. The van der Waals surface area contributed by atoms with Gasteiger partial charge in [0.05, 0.1) is 29.7 Å². The van der Waals surface area contributed by atoms with Gasteiger partial charge in [0.25, 0.3) is 11.1 Å². The maximum absolute atomic E-state index is 12.8. The van der Waals surface area contributed by atoms with Crippen LogP contribution in [0.5, 0.6) is 11.5 Å². The SMILES string of the molecule is CC[C@@H](C)Oc1c(Cl)cc(/C=C2\SC(=O)N(Cc3ccccc3Cl)C2=O)cc1OC. The van der Waals surface area contributed by atoms with Crippen molar-refractivity contribution in [2.45, 2.75) is 32.9 Å². The number of nitrogens with zero attached hydrogens (tertiary/aromatic N) is 1. The van der Waals surface area contributed by atoms with Gasteiger partial charge in [-0.1, -0.05) is 48.3 Å². The van der Waals surface area contributed by atoms with E-state index in [1.165, 1.54) is 12.0 Å². The number of hydrogen-bond donors (Lipinski definition) is 0. The molecule has 2 aromatic carbocycles. The standard InChI is InChI=1S/C22H21Cl2NO4S/c1-4-13(2)29-20-17(24)9-14(10-18(20)28-3)11-19-21(26)25(22(27)30-19)12-15-7-5-6-8-16(15)23/h5-11,13H,4,12H2,1-3H3/b19-11-/t13-/m1/s1. The molecule has 0 unspecified atom stereocenters. The first-order chi connectivity index (χ1) is 14.3. The van der Waals surface area contributed by atoms with Crippen LogP contribution in [-0.4, -0.2) is 29.3 Å². The summed E-state index contributed by atoms with van der Waals surface area (Å²) in [4.78, 5) is 26.7. The summed E-state index contributed by atoms with van der Waals surface area (Å²) in [5.41, 5.74) is 1.34. The number of thioether (sulfide) groups is 1. The molecular weight excluding hydrogens is 445 g/mol. The van der Waals surface area contributed by atoms with Crippen LogP contribution < -0.4 is 9.47 Å². The molecule has 0 aromatic heterocycles. The van der Waals surface area contributed by atoms with Crippen molar-refractivity contribution >= 4 is 52.2 Å². The molecule has 0 aliphatic carbocycles. The first-order valence-corrected chi connectivity index (χ1v) is 10.9. The zero-order valence-corrected chi connectivity index (χ0v) is 19.1. The second kappa shape index (κ2) is 9.77. The van der Waals surface area contributed by atoms with E-state index in [0.717, 1.165) is 18.2 Å². The van der Waals surface area contributed by atoms with Crippen molar-refractivity contribution in [2.24, 2.45) is 0 Å². The average molecular weight is 466 g/mol. The average Bonchev–Trinajstić information content (AvgIpc) is 2.98. The number of ether oxygens (including phenoxy) is 2. The third kappa shape index (κ3) is 4.94. The van der Waals surface area contributed by atoms with Crippen LogP contribution in [0.3, 0.4) is 0 Å². The summed E-state index contributed by atoms with van der Waals surface area (Å²) < 4.78 is 11.3. The van der Waals surface area contributed by atoms with Crippen molar-refractivity contribution in [2.75, 3.05) is 7.11 Å². The molecule has 3 rings (SSSR count). The highest BCUT2D eigenvalue weighted by Gasteiger charge is 2.35. The van der Waals surface area contributed by atoms with Crippen molar-refractivity contribution in [3.05, 3.63) is 62.5 Å². The lowest BCUT2D eigenvalue weighted by Crippen LogP contribution is -2.27. The van der Waals surface area contributed by atoms with E-state index in [1.54, 1.807) is 36.4 Å². The quantitative estimate of drug-likeness (QED) is 0.441. The predicted octanol–water partition coefficient (Wildman–Crippen LogP) is 6.42. The van der Waals surface area contributed by atoms with E-state index < -0.39 is 0 Å². The zero-order valence-electron chi connectivity index (χ0n) is 16.8. The molecule has 158 valence electrons. The molecule has 5 nitrogen and oxygen atoms in total. The van der Waals surface area contributed by atoms with Gasteiger partial charge in [0.15, 0.2) is 11.5 Å². The molecule has 0 saturated carbocycles. The highest BCUT2D eigenvalue weighted by molar-refractivity contribution is 8.18. The third-order valence-electron chi connectivity index (χ3n) is 4.60. The molecule has 30 heavy (non-hydrogen) atoms. The summed E-state index contributed by atoms with van der Waals surface area (Å²) in [6.07, 6.45) is 2.42. The van der Waals surface area contributed by atoms with Gasteiger partial charge in [-0.05, 0) is 60.5 Å². The van der Waals surface area contributed by atoms with Gasteiger partial charge in [-0.25, -0.2) is 0 Å². The third-order valence-corrected chi connectivity index (χ3v) is 6.16. The van der Waals surface area contributed by atoms with E-state index in [4.69, 9.17) is 32.7 Å². The number of carbonyl (C=O) groups is 2. The minimum atomic E-state index is -0.375. The summed E-state index contributed by atoms with van der Waals surface area (Å²) in [7, 11) is 1.52. The second-order valence-corrected chi connectivity index (χ2v) is 8.54. The van der Waals surface area contributed by atoms with Crippen LogP contribution in [0.2, 0.25) is 10.0 Å². The molecule has 1 saturated heterocycles. The molecule has 1 aliphatic rings. The highest BCUT2D eigenvalue weighted by Crippen LogP contribution is 2.40. The number of methoxy groups -OCH3 is 1. The van der Waals surface area contributed by atoms with Gasteiger partial charge in [0, 0.05) is 5.02 Å². The first-order valence-electron chi connectivity index (χ1n) is 9.37. The molecule has 1 heterocycles. The van der Waals surface area contributed by atoms with Crippen LogP contribution in [0.15, 0.2) is 41.3 Å². The number of amides is 2. The van der Waals surface area contributed by atoms with Crippen molar-refractivity contribution < 1.29 is 19.1 Å². The van der Waals surface area contributed by atoms with Crippen molar-refractivity contribution in [3.8, 4) is 11.5 Å². The van der Waals surface area contributed by atoms with Crippen LogP contribution in [0.1, 0.15) is 31.4 Å². The fraction of sp³-hybridized carbons (Fsp3) is 0.273. The molecule has 1 fully saturated rings. The summed E-state index contributed by atoms with van der Waals surface area (Å²) >= 11 is 13.4. The van der Waals surface area contributed by atoms with E-state index in [-0.39, 0.29) is 23.8 Å². The number of imide groups is 1. The highest BCUT2D eigenvalue weighted by atomic mass is 35.5. The molecule has 1 atom stereocenters. The summed E-state index contributed by atoms with van der Waals surface area (Å²) in [5.74, 6) is 0.543. The Kier molecular flexibility index (Phi) is 7.34. The van der Waals surface area contributed by atoms with Gasteiger partial charge >= 0.3 is 0 Å². The molecule has 2 amide bonds. The van der Waals surface area contributed by atoms with Gasteiger partial charge in [-0.15, -0.1) is 0 Å². The van der Waals surface area contributed by atoms with Gasteiger partial charge in [0.1, 0.15) is 0 Å². The molecule has 1 aliphatic heterocycles. The van der Waals surface area contributed by atoms with Gasteiger partial charge < -0.3 is 9.47 Å². The van der Waals surface area contributed by atoms with E-state index in [0.29, 0.717) is 37.6 Å². The van der Waals surface area contributed by atoms with Crippen LogP contribution in [0.4, 0.5) is 4.79 Å². The molecular formula is C22H21Cl2NO4S. The fourth-order valence-electron chi connectivity index (χ4n) is 2.81. The molecule has 2 aromatic rings. The van der Waals surface area contributed by atoms with Gasteiger partial charge in [-0.2, -0.15) is 0 Å². The van der Waals surface area contributed by atoms with Gasteiger partial charge in [-0.3, -0.25) is 14.5 Å². The smallest absolute Gasteiger partial charge is 0.293 e. The maximum Gasteiger partial charge on any atom is 0.293 e. The number of benzene rings is 2.